The van der Waals surface area contributed by atoms with Gasteiger partial charge < -0.3 is 5.32 Å². The first-order valence-corrected chi connectivity index (χ1v) is 5.04. The maximum Gasteiger partial charge on any atom is 0.00360 e. The lowest BCUT2D eigenvalue weighted by Crippen LogP contribution is -2.25. The molecule has 1 heteroatoms. The van der Waals surface area contributed by atoms with Crippen molar-refractivity contribution in [2.75, 3.05) is 6.54 Å². The minimum atomic E-state index is 0.705. The molecule has 0 aliphatic rings. The van der Waals surface area contributed by atoms with Gasteiger partial charge in [0.05, 0.1) is 0 Å². The quantitative estimate of drug-likeness (QED) is 0.560. The van der Waals surface area contributed by atoms with Gasteiger partial charge in [0.15, 0.2) is 0 Å². The number of rotatable bonds is 7. The van der Waals surface area contributed by atoms with Crippen LogP contribution in [-0.4, -0.2) is 12.6 Å². The molecule has 68 valence electrons. The van der Waals surface area contributed by atoms with Gasteiger partial charge in [-0.2, -0.15) is 0 Å². The molecule has 0 radical (unpaired) electrons. The molecule has 0 fully saturated rings. The Balaban J connectivity index is 2.89. The van der Waals surface area contributed by atoms with E-state index in [4.69, 9.17) is 0 Å². The van der Waals surface area contributed by atoms with Crippen LogP contribution in [0.5, 0.6) is 0 Å². The van der Waals surface area contributed by atoms with Gasteiger partial charge in [-0.1, -0.05) is 33.1 Å². The van der Waals surface area contributed by atoms with Gasteiger partial charge in [-0.25, -0.2) is 0 Å². The highest BCUT2D eigenvalue weighted by molar-refractivity contribution is 4.56. The highest BCUT2D eigenvalue weighted by Crippen LogP contribution is 1.97. The third-order valence-electron chi connectivity index (χ3n) is 2.14. The van der Waals surface area contributed by atoms with Crippen molar-refractivity contribution in [3.05, 3.63) is 0 Å². The molecule has 0 saturated carbocycles. The zero-order chi connectivity index (χ0) is 8.53. The normalized spacial score (nSPS) is 13.4. The van der Waals surface area contributed by atoms with Crippen LogP contribution in [0.15, 0.2) is 0 Å². The lowest BCUT2D eigenvalue weighted by molar-refractivity contribution is 0.510. The minimum Gasteiger partial charge on any atom is -0.314 e. The van der Waals surface area contributed by atoms with Crippen LogP contribution in [0.1, 0.15) is 52.9 Å². The van der Waals surface area contributed by atoms with E-state index in [-0.39, 0.29) is 0 Å². The molecule has 0 aromatic rings. The summed E-state index contributed by atoms with van der Waals surface area (Å²) < 4.78 is 0. The third-order valence-corrected chi connectivity index (χ3v) is 2.14. The molecular formula is C10H23N. The first kappa shape index (κ1) is 11.0. The second-order valence-corrected chi connectivity index (χ2v) is 3.32. The fourth-order valence-electron chi connectivity index (χ4n) is 1.04. The maximum atomic E-state index is 3.49. The van der Waals surface area contributed by atoms with Crippen LogP contribution in [0, 0.1) is 0 Å². The molecular weight excluding hydrogens is 134 g/mol. The van der Waals surface area contributed by atoms with Crippen molar-refractivity contribution < 1.29 is 0 Å². The molecule has 0 aromatic heterocycles. The van der Waals surface area contributed by atoms with E-state index in [1.165, 1.54) is 38.6 Å². The Morgan fingerprint density at radius 3 is 2.36 bits per heavy atom. The standard InChI is InChI=1S/C10H23N/c1-4-6-7-8-9-11-10(3)5-2/h10-11H,4-9H2,1-3H3. The van der Waals surface area contributed by atoms with Crippen molar-refractivity contribution in [1.82, 2.24) is 5.32 Å². The van der Waals surface area contributed by atoms with Crippen LogP contribution in [0.25, 0.3) is 0 Å². The van der Waals surface area contributed by atoms with Crippen LogP contribution < -0.4 is 5.32 Å². The van der Waals surface area contributed by atoms with E-state index in [2.05, 4.69) is 26.1 Å². The van der Waals surface area contributed by atoms with Crippen molar-refractivity contribution in [3.8, 4) is 0 Å². The fourth-order valence-corrected chi connectivity index (χ4v) is 1.04. The van der Waals surface area contributed by atoms with Crippen molar-refractivity contribution in [2.45, 2.75) is 58.9 Å². The monoisotopic (exact) mass is 157 g/mol. The van der Waals surface area contributed by atoms with Crippen LogP contribution in [0.4, 0.5) is 0 Å². The largest absolute Gasteiger partial charge is 0.314 e. The number of hydrogen-bond acceptors (Lipinski definition) is 1. The van der Waals surface area contributed by atoms with E-state index < -0.39 is 0 Å². The van der Waals surface area contributed by atoms with Gasteiger partial charge in [0.1, 0.15) is 0 Å². The molecule has 1 atom stereocenters. The van der Waals surface area contributed by atoms with Gasteiger partial charge in [-0.3, -0.25) is 0 Å². The van der Waals surface area contributed by atoms with E-state index in [9.17, 15) is 0 Å². The Hall–Kier alpha value is -0.0400. The molecule has 0 heterocycles. The van der Waals surface area contributed by atoms with Crippen molar-refractivity contribution >= 4 is 0 Å². The molecule has 0 aromatic carbocycles. The topological polar surface area (TPSA) is 12.0 Å². The zero-order valence-corrected chi connectivity index (χ0v) is 8.32. The second-order valence-electron chi connectivity index (χ2n) is 3.32. The number of hydrogen-bond donors (Lipinski definition) is 1. The summed E-state index contributed by atoms with van der Waals surface area (Å²) in [6.45, 7) is 7.93. The lowest BCUT2D eigenvalue weighted by Gasteiger charge is -2.10. The molecule has 0 aliphatic carbocycles. The molecule has 0 rings (SSSR count). The van der Waals surface area contributed by atoms with Gasteiger partial charge >= 0.3 is 0 Å². The molecule has 1 unspecified atom stereocenters. The van der Waals surface area contributed by atoms with Crippen molar-refractivity contribution in [3.63, 3.8) is 0 Å². The molecule has 0 saturated heterocycles. The zero-order valence-electron chi connectivity index (χ0n) is 8.32. The van der Waals surface area contributed by atoms with Crippen LogP contribution in [0.2, 0.25) is 0 Å². The molecule has 11 heavy (non-hydrogen) atoms. The van der Waals surface area contributed by atoms with Crippen LogP contribution in [-0.2, 0) is 0 Å². The molecule has 1 N–H and O–H groups in total. The predicted molar refractivity (Wildman–Crippen MR) is 51.9 cm³/mol. The Bertz CT molecular complexity index is 71.3. The van der Waals surface area contributed by atoms with E-state index in [1.54, 1.807) is 0 Å². The lowest BCUT2D eigenvalue weighted by atomic mass is 10.2. The molecule has 0 amide bonds. The summed E-state index contributed by atoms with van der Waals surface area (Å²) in [5.74, 6) is 0. The molecule has 0 bridgehead atoms. The van der Waals surface area contributed by atoms with Crippen LogP contribution in [0.3, 0.4) is 0 Å². The third kappa shape index (κ3) is 7.86. The maximum absolute atomic E-state index is 3.49. The van der Waals surface area contributed by atoms with Crippen molar-refractivity contribution in [2.24, 2.45) is 0 Å². The average Bonchev–Trinajstić information content (AvgIpc) is 2.04. The Kier molecular flexibility index (Phi) is 8.03. The number of nitrogens with one attached hydrogen (secondary N) is 1. The minimum absolute atomic E-state index is 0.705. The second kappa shape index (κ2) is 8.06. The van der Waals surface area contributed by atoms with E-state index in [0.717, 1.165) is 0 Å². The Morgan fingerprint density at radius 2 is 1.82 bits per heavy atom. The average molecular weight is 157 g/mol. The summed E-state index contributed by atoms with van der Waals surface area (Å²) in [7, 11) is 0. The first-order chi connectivity index (χ1) is 5.31. The summed E-state index contributed by atoms with van der Waals surface area (Å²) in [6.07, 6.45) is 6.71. The smallest absolute Gasteiger partial charge is 0.00360 e. The summed E-state index contributed by atoms with van der Waals surface area (Å²) in [4.78, 5) is 0. The SMILES string of the molecule is CCCCCCNC(C)CC. The summed E-state index contributed by atoms with van der Waals surface area (Å²) in [5, 5.41) is 3.49. The van der Waals surface area contributed by atoms with Gasteiger partial charge in [-0.15, -0.1) is 0 Å². The highest BCUT2D eigenvalue weighted by atomic mass is 14.9. The van der Waals surface area contributed by atoms with Gasteiger partial charge in [0, 0.05) is 6.04 Å². The van der Waals surface area contributed by atoms with Crippen molar-refractivity contribution in [1.29, 1.82) is 0 Å². The van der Waals surface area contributed by atoms with Gasteiger partial charge in [-0.05, 0) is 26.3 Å². The Labute approximate surface area is 71.6 Å². The molecule has 1 nitrogen and oxygen atoms in total. The Morgan fingerprint density at radius 1 is 1.09 bits per heavy atom. The van der Waals surface area contributed by atoms with Gasteiger partial charge in [0.25, 0.3) is 0 Å². The van der Waals surface area contributed by atoms with E-state index >= 15 is 0 Å². The first-order valence-electron chi connectivity index (χ1n) is 5.04. The summed E-state index contributed by atoms with van der Waals surface area (Å²) in [5.41, 5.74) is 0. The number of unbranched alkanes of at least 4 members (excludes halogenated alkanes) is 3. The van der Waals surface area contributed by atoms with E-state index in [0.29, 0.717) is 6.04 Å². The molecule has 0 aliphatic heterocycles. The summed E-state index contributed by atoms with van der Waals surface area (Å²) >= 11 is 0. The highest BCUT2D eigenvalue weighted by Gasteiger charge is 1.94. The van der Waals surface area contributed by atoms with E-state index in [1.807, 2.05) is 0 Å². The van der Waals surface area contributed by atoms with Crippen LogP contribution >= 0.6 is 0 Å². The summed E-state index contributed by atoms with van der Waals surface area (Å²) in [6, 6.07) is 0.705. The van der Waals surface area contributed by atoms with Gasteiger partial charge in [0.2, 0.25) is 0 Å². The molecule has 0 spiro atoms. The predicted octanol–water partition coefficient (Wildman–Crippen LogP) is 2.95. The fraction of sp³-hybridized carbons (Fsp3) is 1.00.